The fourth-order valence-corrected chi connectivity index (χ4v) is 3.54. The van der Waals surface area contributed by atoms with Crippen LogP contribution in [0, 0.1) is 0 Å². The van der Waals surface area contributed by atoms with Crippen molar-refractivity contribution in [2.75, 3.05) is 13.2 Å². The molecule has 0 aliphatic carbocycles. The van der Waals surface area contributed by atoms with Crippen molar-refractivity contribution < 1.29 is 48.2 Å². The quantitative estimate of drug-likeness (QED) is 0.341. The molecule has 3 atom stereocenters. The molecule has 0 radical (unpaired) electrons. The van der Waals surface area contributed by atoms with Crippen LogP contribution in [0.1, 0.15) is 47.0 Å². The normalized spacial score (nSPS) is 16.1. The molecule has 34 heavy (non-hydrogen) atoms. The maximum absolute atomic E-state index is 13.8. The van der Waals surface area contributed by atoms with Crippen LogP contribution in [0.25, 0.3) is 11.1 Å². The SMILES string of the molecule is CC(O)OC(C(O)O)C(O)c1ccc(-c2ccc3c(c2)C(=O)NCC3)cc1C(F)(F)F.CCO. The molecule has 2 aromatic rings. The van der Waals surface area contributed by atoms with E-state index in [1.54, 1.807) is 19.1 Å². The minimum atomic E-state index is -4.88. The summed E-state index contributed by atoms with van der Waals surface area (Å²) in [4.78, 5) is 12.1. The number of halogens is 3. The third kappa shape index (κ3) is 6.75. The second-order valence-corrected chi connectivity index (χ2v) is 7.55. The van der Waals surface area contributed by atoms with Crippen LogP contribution in [-0.4, -0.2) is 63.3 Å². The summed E-state index contributed by atoms with van der Waals surface area (Å²) in [5.74, 6) is -0.304. The van der Waals surface area contributed by atoms with Gasteiger partial charge in [-0.05, 0) is 54.7 Å². The molecule has 0 aromatic heterocycles. The highest BCUT2D eigenvalue weighted by molar-refractivity contribution is 5.98. The lowest BCUT2D eigenvalue weighted by molar-refractivity contribution is -0.234. The number of aliphatic hydroxyl groups is 5. The Morgan fingerprint density at radius 3 is 2.21 bits per heavy atom. The van der Waals surface area contributed by atoms with E-state index in [2.05, 4.69) is 5.32 Å². The van der Waals surface area contributed by atoms with Crippen molar-refractivity contribution in [3.05, 3.63) is 58.7 Å². The third-order valence-corrected chi connectivity index (χ3v) is 5.00. The Kier molecular flexibility index (Phi) is 9.56. The van der Waals surface area contributed by atoms with Gasteiger partial charge in [0.15, 0.2) is 12.6 Å². The van der Waals surface area contributed by atoms with Gasteiger partial charge in [0.2, 0.25) is 0 Å². The minimum Gasteiger partial charge on any atom is -0.397 e. The van der Waals surface area contributed by atoms with Crippen LogP contribution in [0.5, 0.6) is 0 Å². The first-order valence-corrected chi connectivity index (χ1v) is 10.5. The Morgan fingerprint density at radius 1 is 1.06 bits per heavy atom. The second kappa shape index (κ2) is 11.7. The van der Waals surface area contributed by atoms with Gasteiger partial charge in [-0.15, -0.1) is 0 Å². The van der Waals surface area contributed by atoms with E-state index in [1.807, 2.05) is 0 Å². The molecule has 1 aliphatic rings. The lowest BCUT2D eigenvalue weighted by atomic mass is 9.91. The standard InChI is InChI=1S/C21H22F3NO6.C2H6O/c1-10(26)31-18(20(29)30)17(27)14-5-4-13(9-16(14)21(22,23)24)12-3-2-11-6-7-25-19(28)15(11)8-12;1-2-3/h2-5,8-10,17-18,20,26-27,29-30H,6-7H2,1H3,(H,25,28);3H,2H2,1H3. The summed E-state index contributed by atoms with van der Waals surface area (Å²) >= 11 is 0. The van der Waals surface area contributed by atoms with Crippen molar-refractivity contribution in [3.8, 4) is 11.1 Å². The molecule has 2 aromatic carbocycles. The van der Waals surface area contributed by atoms with Gasteiger partial charge in [0.05, 0.1) is 5.56 Å². The summed E-state index contributed by atoms with van der Waals surface area (Å²) in [6, 6.07) is 7.94. The van der Waals surface area contributed by atoms with Crippen molar-refractivity contribution in [1.82, 2.24) is 5.32 Å². The maximum Gasteiger partial charge on any atom is 0.416 e. The van der Waals surface area contributed by atoms with E-state index in [1.165, 1.54) is 12.1 Å². The Bertz CT molecular complexity index is 980. The topological polar surface area (TPSA) is 139 Å². The fraction of sp³-hybridized carbons (Fsp3) is 0.435. The number of hydrogen-bond acceptors (Lipinski definition) is 7. The summed E-state index contributed by atoms with van der Waals surface area (Å²) in [6.07, 6.45) is -12.2. The summed E-state index contributed by atoms with van der Waals surface area (Å²) < 4.78 is 46.1. The summed E-state index contributed by atoms with van der Waals surface area (Å²) in [6.45, 7) is 3.53. The van der Waals surface area contributed by atoms with Crippen molar-refractivity contribution in [3.63, 3.8) is 0 Å². The van der Waals surface area contributed by atoms with Gasteiger partial charge < -0.3 is 35.6 Å². The molecule has 8 nitrogen and oxygen atoms in total. The molecule has 3 rings (SSSR count). The molecule has 188 valence electrons. The number of fused-ring (bicyclic) bond motifs is 1. The number of aliphatic hydroxyl groups excluding tert-OH is 4. The third-order valence-electron chi connectivity index (χ3n) is 5.00. The van der Waals surface area contributed by atoms with Crippen LogP contribution in [0.4, 0.5) is 13.2 Å². The van der Waals surface area contributed by atoms with Gasteiger partial charge in [-0.2, -0.15) is 13.2 Å². The summed E-state index contributed by atoms with van der Waals surface area (Å²) in [7, 11) is 0. The molecule has 3 unspecified atom stereocenters. The lowest BCUT2D eigenvalue weighted by Gasteiger charge is -2.28. The van der Waals surface area contributed by atoms with E-state index in [-0.39, 0.29) is 18.1 Å². The summed E-state index contributed by atoms with van der Waals surface area (Å²) in [5, 5.41) is 48.7. The Balaban J connectivity index is 0.00000129. The van der Waals surface area contributed by atoms with Gasteiger partial charge in [-0.3, -0.25) is 4.79 Å². The first kappa shape index (κ1) is 27.7. The molecular weight excluding hydrogens is 459 g/mol. The van der Waals surface area contributed by atoms with Gasteiger partial charge in [-0.25, -0.2) is 0 Å². The van der Waals surface area contributed by atoms with E-state index in [0.717, 1.165) is 24.6 Å². The van der Waals surface area contributed by atoms with Crippen molar-refractivity contribution in [2.24, 2.45) is 0 Å². The molecule has 0 spiro atoms. The average Bonchev–Trinajstić information content (AvgIpc) is 2.76. The van der Waals surface area contributed by atoms with E-state index < -0.39 is 42.1 Å². The van der Waals surface area contributed by atoms with Gasteiger partial charge in [-0.1, -0.05) is 24.3 Å². The molecule has 1 aliphatic heterocycles. The van der Waals surface area contributed by atoms with Crippen LogP contribution in [0.2, 0.25) is 0 Å². The van der Waals surface area contributed by atoms with E-state index in [9.17, 15) is 38.4 Å². The summed E-state index contributed by atoms with van der Waals surface area (Å²) in [5.41, 5.74) is -0.144. The van der Waals surface area contributed by atoms with Crippen molar-refractivity contribution in [1.29, 1.82) is 0 Å². The number of nitrogens with one attached hydrogen (secondary N) is 1. The number of benzene rings is 2. The zero-order valence-electron chi connectivity index (χ0n) is 18.6. The molecule has 6 N–H and O–H groups in total. The van der Waals surface area contributed by atoms with Crippen LogP contribution in [0.15, 0.2) is 36.4 Å². The van der Waals surface area contributed by atoms with Crippen LogP contribution in [-0.2, 0) is 17.3 Å². The predicted octanol–water partition coefficient (Wildman–Crippen LogP) is 1.72. The largest absolute Gasteiger partial charge is 0.416 e. The minimum absolute atomic E-state index is 0.155. The Morgan fingerprint density at radius 2 is 1.65 bits per heavy atom. The molecular formula is C23H28F3NO7. The molecule has 1 amide bonds. The average molecular weight is 487 g/mol. The van der Waals surface area contributed by atoms with E-state index in [0.29, 0.717) is 24.1 Å². The van der Waals surface area contributed by atoms with E-state index >= 15 is 0 Å². The van der Waals surface area contributed by atoms with Crippen LogP contribution >= 0.6 is 0 Å². The smallest absolute Gasteiger partial charge is 0.397 e. The van der Waals surface area contributed by atoms with Gasteiger partial charge in [0.1, 0.15) is 12.2 Å². The monoisotopic (exact) mass is 487 g/mol. The van der Waals surface area contributed by atoms with E-state index in [4.69, 9.17) is 9.84 Å². The number of rotatable bonds is 6. The van der Waals surface area contributed by atoms with Gasteiger partial charge >= 0.3 is 6.18 Å². The molecule has 0 saturated carbocycles. The molecule has 11 heteroatoms. The van der Waals surface area contributed by atoms with Crippen LogP contribution in [0.3, 0.4) is 0 Å². The number of ether oxygens (including phenoxy) is 1. The fourth-order valence-electron chi connectivity index (χ4n) is 3.54. The zero-order chi connectivity index (χ0) is 25.6. The first-order valence-electron chi connectivity index (χ1n) is 10.5. The maximum atomic E-state index is 13.8. The van der Waals surface area contributed by atoms with Crippen molar-refractivity contribution in [2.45, 2.75) is 51.2 Å². The molecule has 0 fully saturated rings. The first-order chi connectivity index (χ1) is 15.9. The molecule has 1 heterocycles. The highest BCUT2D eigenvalue weighted by Crippen LogP contribution is 2.39. The van der Waals surface area contributed by atoms with Gasteiger partial charge in [0, 0.05) is 18.7 Å². The predicted molar refractivity (Wildman–Crippen MR) is 115 cm³/mol. The number of amides is 1. The van der Waals surface area contributed by atoms with Crippen molar-refractivity contribution >= 4 is 5.91 Å². The van der Waals surface area contributed by atoms with Crippen LogP contribution < -0.4 is 5.32 Å². The van der Waals surface area contributed by atoms with Gasteiger partial charge in [0.25, 0.3) is 5.91 Å². The number of hydrogen-bond donors (Lipinski definition) is 6. The molecule has 0 bridgehead atoms. The zero-order valence-corrected chi connectivity index (χ0v) is 18.6. The highest BCUT2D eigenvalue weighted by Gasteiger charge is 2.39. The Hall–Kier alpha value is -2.54. The highest BCUT2D eigenvalue weighted by atomic mass is 19.4. The molecule has 0 saturated heterocycles. The number of alkyl halides is 3. The number of carbonyl (C=O) groups is 1. The number of carbonyl (C=O) groups excluding carboxylic acids is 1. The lowest BCUT2D eigenvalue weighted by Crippen LogP contribution is -2.38. The Labute approximate surface area is 194 Å². The second-order valence-electron chi connectivity index (χ2n) is 7.55.